The van der Waals surface area contributed by atoms with E-state index >= 15 is 0 Å². The van der Waals surface area contributed by atoms with E-state index < -0.39 is 0 Å². The number of benzene rings is 2. The van der Waals surface area contributed by atoms with Crippen molar-refractivity contribution < 1.29 is 13.9 Å². The number of amides is 1. The largest absolute Gasteiger partial charge is 0.495 e. The van der Waals surface area contributed by atoms with Gasteiger partial charge in [-0.05, 0) is 80.6 Å². The van der Waals surface area contributed by atoms with Gasteiger partial charge in [-0.2, -0.15) is 0 Å². The Kier molecular flexibility index (Phi) is 6.46. The fourth-order valence-corrected chi connectivity index (χ4v) is 5.43. The number of rotatable bonds is 5. The number of aromatic amines is 1. The smallest absolute Gasteiger partial charge is 0.227 e. The van der Waals surface area contributed by atoms with Gasteiger partial charge in [0.2, 0.25) is 5.91 Å². The lowest BCUT2D eigenvalue weighted by Crippen LogP contribution is -2.44. The molecular formula is C27H33FN4O2. The number of hydrogen-bond donors (Lipinski definition) is 2. The van der Waals surface area contributed by atoms with E-state index in [4.69, 9.17) is 4.74 Å². The molecule has 180 valence electrons. The van der Waals surface area contributed by atoms with E-state index in [0.717, 1.165) is 79.9 Å². The summed E-state index contributed by atoms with van der Waals surface area (Å²) >= 11 is 0. The second-order valence-electron chi connectivity index (χ2n) is 9.65. The number of carbonyl (C=O) groups is 1. The Morgan fingerprint density at radius 1 is 1.06 bits per heavy atom. The van der Waals surface area contributed by atoms with Crippen molar-refractivity contribution in [2.24, 2.45) is 5.92 Å². The van der Waals surface area contributed by atoms with Crippen LogP contribution >= 0.6 is 0 Å². The molecule has 1 saturated heterocycles. The molecule has 2 fully saturated rings. The third-order valence-corrected chi connectivity index (χ3v) is 7.50. The normalized spacial score (nSPS) is 21.6. The minimum absolute atomic E-state index is 0.00706. The van der Waals surface area contributed by atoms with Gasteiger partial charge in [0.05, 0.1) is 12.8 Å². The molecule has 0 bridgehead atoms. The minimum atomic E-state index is -0.211. The lowest BCUT2D eigenvalue weighted by atomic mass is 9.78. The number of nitrogens with one attached hydrogen (secondary N) is 2. The number of methoxy groups -OCH3 is 1. The van der Waals surface area contributed by atoms with Crippen molar-refractivity contribution in [1.29, 1.82) is 0 Å². The van der Waals surface area contributed by atoms with Gasteiger partial charge in [-0.25, -0.2) is 4.39 Å². The van der Waals surface area contributed by atoms with Gasteiger partial charge in [-0.3, -0.25) is 4.79 Å². The number of fused-ring (bicyclic) bond motifs is 1. The minimum Gasteiger partial charge on any atom is -0.495 e. The molecule has 3 aromatic rings. The Morgan fingerprint density at radius 2 is 1.82 bits per heavy atom. The summed E-state index contributed by atoms with van der Waals surface area (Å²) in [7, 11) is 3.82. The van der Waals surface area contributed by atoms with Gasteiger partial charge in [0, 0.05) is 54.9 Å². The van der Waals surface area contributed by atoms with Crippen molar-refractivity contribution in [2.45, 2.75) is 31.6 Å². The first-order valence-electron chi connectivity index (χ1n) is 12.2. The monoisotopic (exact) mass is 464 g/mol. The summed E-state index contributed by atoms with van der Waals surface area (Å²) in [5, 5.41) is 4.11. The van der Waals surface area contributed by atoms with E-state index in [0.29, 0.717) is 5.92 Å². The third kappa shape index (κ3) is 4.62. The second-order valence-corrected chi connectivity index (χ2v) is 9.65. The van der Waals surface area contributed by atoms with Crippen LogP contribution in [0.4, 0.5) is 15.8 Å². The molecule has 2 aliphatic rings. The molecule has 2 heterocycles. The first-order chi connectivity index (χ1) is 16.5. The van der Waals surface area contributed by atoms with Crippen molar-refractivity contribution in [3.05, 3.63) is 54.0 Å². The van der Waals surface area contributed by atoms with Crippen molar-refractivity contribution in [3.8, 4) is 5.75 Å². The highest BCUT2D eigenvalue weighted by Crippen LogP contribution is 2.39. The molecule has 2 aromatic carbocycles. The maximum atomic E-state index is 13.8. The highest BCUT2D eigenvalue weighted by molar-refractivity contribution is 5.93. The molecule has 0 atom stereocenters. The Hall–Kier alpha value is -3.06. The number of aromatic nitrogens is 1. The van der Waals surface area contributed by atoms with Crippen LogP contribution in [0.2, 0.25) is 0 Å². The molecule has 5 rings (SSSR count). The van der Waals surface area contributed by atoms with Crippen molar-refractivity contribution in [2.75, 3.05) is 50.6 Å². The predicted octanol–water partition coefficient (Wildman–Crippen LogP) is 4.98. The molecule has 7 heteroatoms. The zero-order chi connectivity index (χ0) is 23.7. The van der Waals surface area contributed by atoms with Gasteiger partial charge in [-0.15, -0.1) is 0 Å². The van der Waals surface area contributed by atoms with Crippen LogP contribution in [0.25, 0.3) is 10.9 Å². The number of likely N-dealkylation sites (N-methyl/N-ethyl adjacent to an activating group) is 1. The number of piperazine rings is 1. The van der Waals surface area contributed by atoms with Crippen LogP contribution in [0.15, 0.2) is 42.6 Å². The summed E-state index contributed by atoms with van der Waals surface area (Å²) < 4.78 is 19.4. The summed E-state index contributed by atoms with van der Waals surface area (Å²) in [6.07, 6.45) is 5.53. The standard InChI is InChI=1S/C27H33FN4O2/c1-31-11-13-32(14-12-31)25-16-21(8-10-26(25)34-2)30-27(33)19-5-3-18(4-6-19)23-17-29-24-9-7-20(28)15-22(23)24/h7-10,15-19,29H,3-6,11-14H2,1-2H3,(H,30,33). The molecular weight excluding hydrogens is 431 g/mol. The zero-order valence-corrected chi connectivity index (χ0v) is 19.9. The average Bonchev–Trinajstić information content (AvgIpc) is 3.27. The molecule has 0 spiro atoms. The number of ether oxygens (including phenoxy) is 1. The van der Waals surface area contributed by atoms with Crippen LogP contribution < -0.4 is 15.0 Å². The highest BCUT2D eigenvalue weighted by Gasteiger charge is 2.29. The molecule has 1 amide bonds. The van der Waals surface area contributed by atoms with E-state index in [-0.39, 0.29) is 17.6 Å². The molecule has 1 aromatic heterocycles. The maximum Gasteiger partial charge on any atom is 0.227 e. The lowest BCUT2D eigenvalue weighted by molar-refractivity contribution is -0.120. The van der Waals surface area contributed by atoms with Crippen LogP contribution in [0.1, 0.15) is 37.2 Å². The van der Waals surface area contributed by atoms with Crippen LogP contribution in [0, 0.1) is 11.7 Å². The highest BCUT2D eigenvalue weighted by atomic mass is 19.1. The topological polar surface area (TPSA) is 60.6 Å². The summed E-state index contributed by atoms with van der Waals surface area (Å²) in [5.41, 5.74) is 3.98. The maximum absolute atomic E-state index is 13.8. The summed E-state index contributed by atoms with van der Waals surface area (Å²) in [6, 6.07) is 10.8. The first-order valence-corrected chi connectivity index (χ1v) is 12.2. The van der Waals surface area contributed by atoms with Crippen molar-refractivity contribution >= 4 is 28.2 Å². The van der Waals surface area contributed by atoms with E-state index in [1.165, 1.54) is 11.6 Å². The summed E-state index contributed by atoms with van der Waals surface area (Å²) in [5.74, 6) is 1.05. The Morgan fingerprint density at radius 3 is 2.56 bits per heavy atom. The molecule has 0 radical (unpaired) electrons. The second kappa shape index (κ2) is 9.66. The molecule has 2 N–H and O–H groups in total. The molecule has 34 heavy (non-hydrogen) atoms. The van der Waals surface area contributed by atoms with Crippen LogP contribution in [0.3, 0.4) is 0 Å². The summed E-state index contributed by atoms with van der Waals surface area (Å²) in [4.78, 5) is 21.0. The van der Waals surface area contributed by atoms with E-state index in [9.17, 15) is 9.18 Å². The fraction of sp³-hybridized carbons (Fsp3) is 0.444. The number of anilines is 2. The number of nitrogens with zero attached hydrogens (tertiary/aromatic N) is 2. The zero-order valence-electron chi connectivity index (χ0n) is 19.9. The van der Waals surface area contributed by atoms with Gasteiger partial charge in [-0.1, -0.05) is 0 Å². The van der Waals surface area contributed by atoms with E-state index in [1.807, 2.05) is 24.4 Å². The van der Waals surface area contributed by atoms with Gasteiger partial charge in [0.15, 0.2) is 0 Å². The average molecular weight is 465 g/mol. The van der Waals surface area contributed by atoms with E-state index in [1.54, 1.807) is 19.2 Å². The van der Waals surface area contributed by atoms with Crippen LogP contribution in [-0.2, 0) is 4.79 Å². The number of H-pyrrole nitrogens is 1. The fourth-order valence-electron chi connectivity index (χ4n) is 5.43. The Bertz CT molecular complexity index is 1160. The van der Waals surface area contributed by atoms with Gasteiger partial charge in [0.25, 0.3) is 0 Å². The Labute approximate surface area is 200 Å². The summed E-state index contributed by atoms with van der Waals surface area (Å²) in [6.45, 7) is 3.89. The number of carbonyl (C=O) groups excluding carboxylic acids is 1. The molecule has 0 unspecified atom stereocenters. The first kappa shape index (κ1) is 22.7. The van der Waals surface area contributed by atoms with Crippen molar-refractivity contribution in [1.82, 2.24) is 9.88 Å². The Balaban J connectivity index is 1.23. The number of halogens is 1. The third-order valence-electron chi connectivity index (χ3n) is 7.50. The molecule has 1 aliphatic heterocycles. The molecule has 1 saturated carbocycles. The van der Waals surface area contributed by atoms with Gasteiger partial charge in [0.1, 0.15) is 11.6 Å². The predicted molar refractivity (Wildman–Crippen MR) is 134 cm³/mol. The SMILES string of the molecule is COc1ccc(NC(=O)C2CCC(c3c[nH]c4ccc(F)cc34)CC2)cc1N1CCN(C)CC1. The quantitative estimate of drug-likeness (QED) is 0.559. The van der Waals surface area contributed by atoms with Gasteiger partial charge >= 0.3 is 0 Å². The molecule has 6 nitrogen and oxygen atoms in total. The van der Waals surface area contributed by atoms with Gasteiger partial charge < -0.3 is 24.8 Å². The van der Waals surface area contributed by atoms with Crippen molar-refractivity contribution in [3.63, 3.8) is 0 Å². The number of hydrogen-bond acceptors (Lipinski definition) is 4. The van der Waals surface area contributed by atoms with Crippen LogP contribution in [-0.4, -0.2) is 56.1 Å². The molecule has 1 aliphatic carbocycles. The van der Waals surface area contributed by atoms with E-state index in [2.05, 4.69) is 27.1 Å². The lowest BCUT2D eigenvalue weighted by Gasteiger charge is -2.35. The van der Waals surface area contributed by atoms with Crippen LogP contribution in [0.5, 0.6) is 5.75 Å².